The van der Waals surface area contributed by atoms with Crippen LogP contribution in [0.2, 0.25) is 5.02 Å². The Kier molecular flexibility index (Phi) is 19.4. The van der Waals surface area contributed by atoms with Crippen molar-refractivity contribution in [2.45, 2.75) is 77.6 Å². The molecule has 0 radical (unpaired) electrons. The molecule has 7 heteroatoms. The van der Waals surface area contributed by atoms with Crippen molar-refractivity contribution < 1.29 is 17.6 Å². The molecule has 1 aromatic heterocycles. The van der Waals surface area contributed by atoms with Gasteiger partial charge in [0.05, 0.1) is 5.02 Å². The summed E-state index contributed by atoms with van der Waals surface area (Å²) < 4.78 is 51.1. The molecule has 0 saturated heterocycles. The van der Waals surface area contributed by atoms with Gasteiger partial charge in [-0.15, -0.1) is 0 Å². The van der Waals surface area contributed by atoms with Gasteiger partial charge in [0, 0.05) is 24.2 Å². The van der Waals surface area contributed by atoms with Gasteiger partial charge in [-0.05, 0) is 73.5 Å². The number of hydrogen-bond donors (Lipinski definition) is 1. The van der Waals surface area contributed by atoms with Crippen LogP contribution in [-0.2, 0) is 25.7 Å². The smallest absolute Gasteiger partial charge is 0.311 e. The average molecular weight is 643 g/mol. The maximum absolute atomic E-state index is 13.2. The monoisotopic (exact) mass is 642 g/mol. The molecular weight excluding hydrogens is 596 g/mol. The zero-order valence-corrected chi connectivity index (χ0v) is 27.6. The first-order valence-electron chi connectivity index (χ1n) is 15.3. The van der Waals surface area contributed by atoms with E-state index in [4.69, 9.17) is 11.6 Å². The highest BCUT2D eigenvalue weighted by Crippen LogP contribution is 2.29. The van der Waals surface area contributed by atoms with Gasteiger partial charge in [0.2, 0.25) is 0 Å². The first-order valence-corrected chi connectivity index (χ1v) is 15.7. The summed E-state index contributed by atoms with van der Waals surface area (Å²) in [5, 5.41) is 0.575. The lowest BCUT2D eigenvalue weighted by Gasteiger charge is -2.17. The van der Waals surface area contributed by atoms with Gasteiger partial charge in [0.25, 0.3) is 0 Å². The Balaban J connectivity index is 0.000000435. The van der Waals surface area contributed by atoms with Crippen LogP contribution in [0.5, 0.6) is 0 Å². The van der Waals surface area contributed by atoms with E-state index >= 15 is 0 Å². The van der Waals surface area contributed by atoms with Crippen LogP contribution in [0.4, 0.5) is 17.6 Å². The van der Waals surface area contributed by atoms with E-state index in [1.165, 1.54) is 29.8 Å². The molecule has 2 nitrogen and oxygen atoms in total. The fourth-order valence-electron chi connectivity index (χ4n) is 4.61. The number of aryl methyl sites for hydroxylation is 1. The molecule has 0 amide bonds. The predicted molar refractivity (Wildman–Crippen MR) is 183 cm³/mol. The van der Waals surface area contributed by atoms with Crippen LogP contribution in [0.15, 0.2) is 115 Å². The second kappa shape index (κ2) is 22.1. The fraction of sp³-hybridized carbons (Fsp3) is 0.342. The minimum atomic E-state index is -4.00. The minimum Gasteiger partial charge on any atom is -0.333 e. The lowest BCUT2D eigenvalue weighted by Crippen LogP contribution is -2.29. The van der Waals surface area contributed by atoms with Crippen LogP contribution < -0.4 is 5.73 Å². The van der Waals surface area contributed by atoms with Crippen molar-refractivity contribution in [2.75, 3.05) is 7.05 Å². The maximum Gasteiger partial charge on any atom is 0.311 e. The van der Waals surface area contributed by atoms with E-state index < -0.39 is 18.8 Å². The highest BCUT2D eigenvalue weighted by atomic mass is 35.5. The zero-order valence-electron chi connectivity index (χ0n) is 26.8. The molecular formula is C38H47ClF4N2. The van der Waals surface area contributed by atoms with Crippen molar-refractivity contribution in [2.24, 2.45) is 5.73 Å². The number of nitrogens with zero attached hydrogens (tertiary/aromatic N) is 1. The molecule has 0 bridgehead atoms. The minimum absolute atomic E-state index is 0.223. The van der Waals surface area contributed by atoms with Crippen LogP contribution in [-0.4, -0.2) is 24.4 Å². The summed E-state index contributed by atoms with van der Waals surface area (Å²) in [6.45, 7) is 10.2. The lowest BCUT2D eigenvalue weighted by molar-refractivity contribution is -0.127. The number of pyridine rings is 1. The number of nitrogens with two attached hydrogens (primary N) is 1. The molecule has 0 aliphatic carbocycles. The second-order valence-electron chi connectivity index (χ2n) is 10.2. The fourth-order valence-corrected chi connectivity index (χ4v) is 4.72. The van der Waals surface area contributed by atoms with Crippen LogP contribution in [0.25, 0.3) is 0 Å². The summed E-state index contributed by atoms with van der Waals surface area (Å²) in [7, 11) is 1.50. The normalized spacial score (nSPS) is 11.2. The first-order chi connectivity index (χ1) is 21.7. The van der Waals surface area contributed by atoms with E-state index in [9.17, 15) is 17.6 Å². The van der Waals surface area contributed by atoms with E-state index in [0.29, 0.717) is 11.4 Å². The molecule has 1 atom stereocenters. The van der Waals surface area contributed by atoms with E-state index in [1.807, 2.05) is 38.1 Å². The number of rotatable bonds is 12. The molecule has 2 N–H and O–H groups in total. The van der Waals surface area contributed by atoms with Crippen LogP contribution in [0.3, 0.4) is 0 Å². The van der Waals surface area contributed by atoms with Crippen molar-refractivity contribution in [1.82, 2.24) is 4.98 Å². The molecule has 3 aromatic carbocycles. The average Bonchev–Trinajstić information content (AvgIpc) is 3.05. The zero-order chi connectivity index (χ0) is 33.7. The Morgan fingerprint density at radius 2 is 1.31 bits per heavy atom. The Labute approximate surface area is 272 Å². The third-order valence-corrected chi connectivity index (χ3v) is 7.01. The highest BCUT2D eigenvalue weighted by Gasteiger charge is 2.40. The molecule has 4 aromatic rings. The molecule has 1 unspecified atom stereocenters. The number of aromatic nitrogens is 1. The van der Waals surface area contributed by atoms with Gasteiger partial charge in [0.15, 0.2) is 0 Å². The van der Waals surface area contributed by atoms with Gasteiger partial charge in [-0.3, -0.25) is 4.98 Å². The molecule has 244 valence electrons. The van der Waals surface area contributed by atoms with Crippen LogP contribution in [0, 0.1) is 0 Å². The van der Waals surface area contributed by atoms with Gasteiger partial charge in [-0.1, -0.05) is 129 Å². The third kappa shape index (κ3) is 15.4. The SMILES string of the molecule is C=C(Cc1ccccc1)Cc1ccccc1.CC.CCC(CCc1cccc(CC(F)(F)C(F)F)c1)c1ccc(Cl)cn1.CN. The predicted octanol–water partition coefficient (Wildman–Crippen LogP) is 10.9. The summed E-state index contributed by atoms with van der Waals surface area (Å²) in [6.07, 6.45) is 1.28. The number of allylic oxidation sites excluding steroid dienone is 1. The van der Waals surface area contributed by atoms with E-state index in [0.717, 1.165) is 36.9 Å². The van der Waals surface area contributed by atoms with Crippen LogP contribution in [0.1, 0.15) is 67.5 Å². The van der Waals surface area contributed by atoms with Crippen LogP contribution >= 0.6 is 11.6 Å². The molecule has 0 aliphatic heterocycles. The topological polar surface area (TPSA) is 38.9 Å². The summed E-state index contributed by atoms with van der Waals surface area (Å²) in [5.41, 5.74) is 10.5. The molecule has 0 spiro atoms. The number of halogens is 5. The maximum atomic E-state index is 13.2. The van der Waals surface area contributed by atoms with E-state index in [2.05, 4.69) is 72.8 Å². The Morgan fingerprint density at radius 3 is 1.78 bits per heavy atom. The van der Waals surface area contributed by atoms with Crippen molar-refractivity contribution in [3.8, 4) is 0 Å². The molecule has 0 aliphatic rings. The van der Waals surface area contributed by atoms with Crippen molar-refractivity contribution >= 4 is 11.6 Å². The van der Waals surface area contributed by atoms with E-state index in [-0.39, 0.29) is 11.5 Å². The van der Waals surface area contributed by atoms with Crippen molar-refractivity contribution in [3.05, 3.63) is 148 Å². The standard InChI is InChI=1S/C19H20ClF4N.C16H16.C2H6.CH5N/c1-2-15(17-9-8-16(20)12-25-17)7-6-13-4-3-5-14(10-13)11-19(23,24)18(21)22;1-14(12-15-8-4-2-5-9-15)13-16-10-6-3-7-11-16;2*1-2/h3-5,8-10,12,15,18H,2,6-7,11H2,1H3;2-11H,1,12-13H2;1-2H3;2H2,1H3. The molecule has 45 heavy (non-hydrogen) atoms. The second-order valence-corrected chi connectivity index (χ2v) is 10.6. The van der Waals surface area contributed by atoms with Gasteiger partial charge in [0.1, 0.15) is 0 Å². The lowest BCUT2D eigenvalue weighted by atomic mass is 9.93. The number of benzene rings is 3. The summed E-state index contributed by atoms with van der Waals surface area (Å²) in [4.78, 5) is 4.33. The first kappa shape index (κ1) is 39.5. The van der Waals surface area contributed by atoms with Gasteiger partial charge in [-0.25, -0.2) is 8.78 Å². The van der Waals surface area contributed by atoms with Gasteiger partial charge < -0.3 is 5.73 Å². The number of hydrogen-bond acceptors (Lipinski definition) is 2. The Hall–Kier alpha value is -3.48. The molecule has 1 heterocycles. The highest BCUT2D eigenvalue weighted by molar-refractivity contribution is 6.30. The largest absolute Gasteiger partial charge is 0.333 e. The third-order valence-electron chi connectivity index (χ3n) is 6.79. The summed E-state index contributed by atoms with van der Waals surface area (Å²) in [5.74, 6) is -3.78. The molecule has 0 fully saturated rings. The summed E-state index contributed by atoms with van der Waals surface area (Å²) >= 11 is 5.85. The molecule has 0 saturated carbocycles. The molecule has 4 rings (SSSR count). The van der Waals surface area contributed by atoms with Crippen molar-refractivity contribution in [3.63, 3.8) is 0 Å². The van der Waals surface area contributed by atoms with E-state index in [1.54, 1.807) is 24.4 Å². The summed E-state index contributed by atoms with van der Waals surface area (Å²) in [6, 6.07) is 31.2. The Bertz CT molecular complexity index is 1290. The van der Waals surface area contributed by atoms with Crippen molar-refractivity contribution in [1.29, 1.82) is 0 Å². The Morgan fingerprint density at radius 1 is 0.800 bits per heavy atom. The quantitative estimate of drug-likeness (QED) is 0.123. The van der Waals surface area contributed by atoms with Gasteiger partial charge in [-0.2, -0.15) is 8.78 Å². The number of alkyl halides is 4. The van der Waals surface area contributed by atoms with Gasteiger partial charge >= 0.3 is 12.3 Å².